The second-order valence-corrected chi connectivity index (χ2v) is 12.3. The van der Waals surface area contributed by atoms with Crippen LogP contribution in [-0.4, -0.2) is 61.8 Å². The molecule has 0 bridgehead atoms. The first-order valence-corrected chi connectivity index (χ1v) is 11.9. The second kappa shape index (κ2) is 9.50. The van der Waals surface area contributed by atoms with E-state index in [-0.39, 0.29) is 5.56 Å². The third-order valence-electron chi connectivity index (χ3n) is 5.30. The number of rotatable bonds is 5. The number of nitrogens with zero attached hydrogens (tertiary/aromatic N) is 1. The zero-order valence-corrected chi connectivity index (χ0v) is 22.9. The quantitative estimate of drug-likeness (QED) is 0.367. The zero-order chi connectivity index (χ0) is 27.9. The molecule has 1 heterocycles. The van der Waals surface area contributed by atoms with Gasteiger partial charge in [-0.05, 0) is 74.8 Å². The van der Waals surface area contributed by atoms with Crippen molar-refractivity contribution in [2.24, 2.45) is 0 Å². The molecule has 36 heavy (non-hydrogen) atoms. The van der Waals surface area contributed by atoms with Crippen molar-refractivity contribution >= 4 is 23.8 Å². The Morgan fingerprint density at radius 1 is 0.833 bits per heavy atom. The number of esters is 3. The molecule has 1 fully saturated rings. The van der Waals surface area contributed by atoms with Gasteiger partial charge in [0.15, 0.2) is 6.04 Å². The maximum absolute atomic E-state index is 13.9. The van der Waals surface area contributed by atoms with E-state index in [0.29, 0.717) is 0 Å². The largest absolute Gasteiger partial charge is 0.458 e. The molecule has 1 unspecified atom stereocenters. The van der Waals surface area contributed by atoms with Gasteiger partial charge in [0.2, 0.25) is 5.91 Å². The molecule has 1 aromatic carbocycles. The van der Waals surface area contributed by atoms with Crippen LogP contribution in [0.15, 0.2) is 30.3 Å². The Balaban J connectivity index is 2.91. The topological polar surface area (TPSA) is 119 Å². The molecule has 0 saturated carbocycles. The Hall–Kier alpha value is -2.94. The lowest BCUT2D eigenvalue weighted by Gasteiger charge is -2.45. The Labute approximate surface area is 213 Å². The molecule has 2 rings (SSSR count). The summed E-state index contributed by atoms with van der Waals surface area (Å²) in [5.41, 5.74) is -7.81. The number of likely N-dealkylation sites (tertiary alicyclic amines) is 1. The van der Waals surface area contributed by atoms with Crippen LogP contribution in [0, 0.1) is 0 Å². The second-order valence-electron chi connectivity index (χ2n) is 12.3. The summed E-state index contributed by atoms with van der Waals surface area (Å²) in [6, 6.07) is 6.61. The molecule has 200 valence electrons. The molecule has 0 aromatic heterocycles. The minimum atomic E-state index is -2.69. The number of ether oxygens (including phenoxy) is 3. The first-order chi connectivity index (χ1) is 16.1. The molecule has 1 saturated heterocycles. The van der Waals surface area contributed by atoms with Crippen LogP contribution in [0.25, 0.3) is 0 Å². The van der Waals surface area contributed by atoms with Crippen LogP contribution < -0.4 is 0 Å². The van der Waals surface area contributed by atoms with Crippen LogP contribution in [0.5, 0.6) is 0 Å². The lowest BCUT2D eigenvalue weighted by molar-refractivity contribution is -0.205. The summed E-state index contributed by atoms with van der Waals surface area (Å²) in [6.07, 6.45) is -0.627. The Morgan fingerprint density at radius 2 is 1.25 bits per heavy atom. The van der Waals surface area contributed by atoms with E-state index in [1.165, 1.54) is 6.92 Å². The van der Waals surface area contributed by atoms with Crippen molar-refractivity contribution in [3.63, 3.8) is 0 Å². The lowest BCUT2D eigenvalue weighted by atomic mass is 9.80. The number of hydrogen-bond acceptors (Lipinski definition) is 8. The van der Waals surface area contributed by atoms with Gasteiger partial charge in [0.25, 0.3) is 5.54 Å². The SMILES string of the molecule is CC(C)(C)OC(=O)[C@@H](c1ccccc1)N1C(=O)CC(C)(O)C1(C(=O)OC(C)(C)C)C(=O)OC(C)(C)C. The summed E-state index contributed by atoms with van der Waals surface area (Å²) in [5, 5.41) is 11.6. The average Bonchev–Trinajstić information content (AvgIpc) is 2.84. The van der Waals surface area contributed by atoms with E-state index in [4.69, 9.17) is 14.2 Å². The average molecular weight is 506 g/mol. The summed E-state index contributed by atoms with van der Waals surface area (Å²) < 4.78 is 16.8. The van der Waals surface area contributed by atoms with Crippen molar-refractivity contribution in [3.05, 3.63) is 35.9 Å². The smallest absolute Gasteiger partial charge is 0.347 e. The molecule has 1 aliphatic heterocycles. The van der Waals surface area contributed by atoms with Gasteiger partial charge >= 0.3 is 17.9 Å². The van der Waals surface area contributed by atoms with E-state index >= 15 is 0 Å². The third kappa shape index (κ3) is 6.06. The predicted molar refractivity (Wildman–Crippen MR) is 132 cm³/mol. The maximum atomic E-state index is 13.9. The highest BCUT2D eigenvalue weighted by molar-refractivity contribution is 6.13. The number of aliphatic hydroxyl groups is 1. The van der Waals surface area contributed by atoms with Gasteiger partial charge in [-0.2, -0.15) is 0 Å². The molecular formula is C27H39NO8. The summed E-state index contributed by atoms with van der Waals surface area (Å²) in [5.74, 6) is -4.10. The van der Waals surface area contributed by atoms with Crippen molar-refractivity contribution in [1.29, 1.82) is 0 Å². The number of carbonyl (C=O) groups is 4. The van der Waals surface area contributed by atoms with Gasteiger partial charge in [-0.1, -0.05) is 30.3 Å². The van der Waals surface area contributed by atoms with E-state index in [2.05, 4.69) is 0 Å². The molecule has 9 nitrogen and oxygen atoms in total. The van der Waals surface area contributed by atoms with Gasteiger partial charge in [0.05, 0.1) is 6.42 Å². The molecule has 1 N–H and O–H groups in total. The lowest BCUT2D eigenvalue weighted by Crippen LogP contribution is -2.70. The number of carbonyl (C=O) groups excluding carboxylic acids is 4. The minimum absolute atomic E-state index is 0.286. The maximum Gasteiger partial charge on any atom is 0.347 e. The van der Waals surface area contributed by atoms with Gasteiger partial charge < -0.3 is 19.3 Å². The first-order valence-electron chi connectivity index (χ1n) is 11.9. The first kappa shape index (κ1) is 29.3. The minimum Gasteiger partial charge on any atom is -0.458 e. The van der Waals surface area contributed by atoms with Crippen LogP contribution in [0.4, 0.5) is 0 Å². The van der Waals surface area contributed by atoms with E-state index in [9.17, 15) is 24.3 Å². The molecule has 1 amide bonds. The molecule has 1 aliphatic rings. The fraction of sp³-hybridized carbons (Fsp3) is 0.630. The predicted octanol–water partition coefficient (Wildman–Crippen LogP) is 3.47. The van der Waals surface area contributed by atoms with Crippen LogP contribution in [-0.2, 0) is 33.4 Å². The summed E-state index contributed by atoms with van der Waals surface area (Å²) in [4.78, 5) is 55.8. The van der Waals surface area contributed by atoms with Crippen molar-refractivity contribution in [2.75, 3.05) is 0 Å². The summed E-state index contributed by atoms with van der Waals surface area (Å²) in [6.45, 7) is 15.7. The van der Waals surface area contributed by atoms with Crippen LogP contribution in [0.1, 0.15) is 87.3 Å². The van der Waals surface area contributed by atoms with E-state index < -0.39 is 64.2 Å². The van der Waals surface area contributed by atoms with Crippen molar-refractivity contribution in [1.82, 2.24) is 4.90 Å². The highest BCUT2D eigenvalue weighted by atomic mass is 16.6. The van der Waals surface area contributed by atoms with Gasteiger partial charge in [-0.3, -0.25) is 9.69 Å². The van der Waals surface area contributed by atoms with Crippen LogP contribution in [0.3, 0.4) is 0 Å². The number of amides is 1. The van der Waals surface area contributed by atoms with Crippen LogP contribution in [0.2, 0.25) is 0 Å². The molecule has 1 aromatic rings. The van der Waals surface area contributed by atoms with Gasteiger partial charge in [0, 0.05) is 0 Å². The molecule has 0 spiro atoms. The molecule has 0 aliphatic carbocycles. The number of benzene rings is 1. The van der Waals surface area contributed by atoms with E-state index in [1.807, 2.05) is 0 Å². The Bertz CT molecular complexity index is 981. The zero-order valence-electron chi connectivity index (χ0n) is 22.9. The molecule has 9 heteroatoms. The summed E-state index contributed by atoms with van der Waals surface area (Å²) in [7, 11) is 0. The van der Waals surface area contributed by atoms with Gasteiger partial charge in [-0.15, -0.1) is 0 Å². The highest BCUT2D eigenvalue weighted by Crippen LogP contribution is 2.47. The van der Waals surface area contributed by atoms with E-state index in [0.717, 1.165) is 4.90 Å². The van der Waals surface area contributed by atoms with Gasteiger partial charge in [0.1, 0.15) is 22.4 Å². The third-order valence-corrected chi connectivity index (χ3v) is 5.30. The Morgan fingerprint density at radius 3 is 1.64 bits per heavy atom. The fourth-order valence-electron chi connectivity index (χ4n) is 4.10. The van der Waals surface area contributed by atoms with Crippen molar-refractivity contribution < 1.29 is 38.5 Å². The number of hydrogen-bond donors (Lipinski definition) is 1. The normalized spacial score (nSPS) is 21.1. The van der Waals surface area contributed by atoms with E-state index in [1.54, 1.807) is 92.6 Å². The molecular weight excluding hydrogens is 466 g/mol. The molecule has 0 radical (unpaired) electrons. The molecule has 2 atom stereocenters. The highest BCUT2D eigenvalue weighted by Gasteiger charge is 2.74. The van der Waals surface area contributed by atoms with Crippen molar-refractivity contribution in [3.8, 4) is 0 Å². The van der Waals surface area contributed by atoms with Crippen molar-refractivity contribution in [2.45, 2.75) is 110 Å². The summed E-state index contributed by atoms with van der Waals surface area (Å²) >= 11 is 0. The fourth-order valence-corrected chi connectivity index (χ4v) is 4.10. The Kier molecular flexibility index (Phi) is 7.73. The van der Waals surface area contributed by atoms with Gasteiger partial charge in [-0.25, -0.2) is 14.4 Å². The standard InChI is InChI=1S/C27H39NO8/c1-23(2,3)34-20(30)19(17-14-12-11-13-15-17)28-18(29)16-26(10,33)27(28,21(31)35-24(4,5)6)22(32)36-25(7,8)9/h11-15,19,33H,16H2,1-10H3/t19-,26?/m1/s1. The monoisotopic (exact) mass is 505 g/mol. The van der Waals surface area contributed by atoms with Crippen LogP contribution >= 0.6 is 0 Å².